The van der Waals surface area contributed by atoms with E-state index in [0.29, 0.717) is 36.3 Å². The molecule has 132 valence electrons. The summed E-state index contributed by atoms with van der Waals surface area (Å²) in [5, 5.41) is 2.88. The summed E-state index contributed by atoms with van der Waals surface area (Å²) < 4.78 is 23.9. The molecule has 2 aromatic carbocycles. The highest BCUT2D eigenvalue weighted by atomic mass is 19.1. The minimum Gasteiger partial charge on any atom is -0.457 e. The molecule has 3 rings (SSSR count). The number of benzene rings is 2. The third kappa shape index (κ3) is 4.70. The van der Waals surface area contributed by atoms with Crippen molar-refractivity contribution in [1.29, 1.82) is 0 Å². The number of carbonyl (C=O) groups is 1. The Labute approximate surface area is 146 Å². The normalized spacial score (nSPS) is 16.7. The molecule has 1 saturated heterocycles. The first kappa shape index (κ1) is 17.2. The standard InChI is InChI=1S/C19H21FN2O3/c1-24-13-14-9-10-22(12-14)19(23)21-16-5-7-17(8-6-16)25-18-4-2-3-15(20)11-18/h2-8,11,14H,9-10,12-13H2,1H3,(H,21,23). The molecule has 0 aliphatic carbocycles. The third-order valence-electron chi connectivity index (χ3n) is 4.11. The lowest BCUT2D eigenvalue weighted by Crippen LogP contribution is -2.33. The van der Waals surface area contributed by atoms with E-state index in [1.165, 1.54) is 12.1 Å². The second-order valence-electron chi connectivity index (χ2n) is 6.07. The van der Waals surface area contributed by atoms with E-state index in [9.17, 15) is 9.18 Å². The van der Waals surface area contributed by atoms with Gasteiger partial charge in [0.25, 0.3) is 0 Å². The molecule has 1 heterocycles. The first-order valence-electron chi connectivity index (χ1n) is 8.22. The zero-order chi connectivity index (χ0) is 17.6. The number of nitrogens with one attached hydrogen (secondary N) is 1. The van der Waals surface area contributed by atoms with E-state index in [1.54, 1.807) is 48.4 Å². The second kappa shape index (κ2) is 7.98. The number of ether oxygens (including phenoxy) is 2. The van der Waals surface area contributed by atoms with Crippen molar-refractivity contribution in [2.75, 3.05) is 32.1 Å². The number of carbonyl (C=O) groups excluding carboxylic acids is 1. The lowest BCUT2D eigenvalue weighted by Gasteiger charge is -2.17. The number of hydrogen-bond donors (Lipinski definition) is 1. The van der Waals surface area contributed by atoms with Crippen LogP contribution in [0.15, 0.2) is 48.5 Å². The maximum absolute atomic E-state index is 13.2. The van der Waals surface area contributed by atoms with Gasteiger partial charge < -0.3 is 19.7 Å². The van der Waals surface area contributed by atoms with Crippen molar-refractivity contribution < 1.29 is 18.7 Å². The van der Waals surface area contributed by atoms with Crippen LogP contribution in [-0.2, 0) is 4.74 Å². The average molecular weight is 344 g/mol. The Bertz CT molecular complexity index is 721. The van der Waals surface area contributed by atoms with Gasteiger partial charge in [-0.05, 0) is 42.8 Å². The molecule has 2 amide bonds. The summed E-state index contributed by atoms with van der Waals surface area (Å²) in [5.74, 6) is 1.06. The predicted octanol–water partition coefficient (Wildman–Crippen LogP) is 4.12. The van der Waals surface area contributed by atoms with Crippen LogP contribution < -0.4 is 10.1 Å². The summed E-state index contributed by atoms with van der Waals surface area (Å²) >= 11 is 0. The third-order valence-corrected chi connectivity index (χ3v) is 4.11. The van der Waals surface area contributed by atoms with Crippen molar-refractivity contribution in [3.8, 4) is 11.5 Å². The smallest absolute Gasteiger partial charge is 0.321 e. The average Bonchev–Trinajstić information content (AvgIpc) is 3.06. The highest BCUT2D eigenvalue weighted by molar-refractivity contribution is 5.89. The van der Waals surface area contributed by atoms with Gasteiger partial charge in [-0.25, -0.2) is 9.18 Å². The van der Waals surface area contributed by atoms with E-state index >= 15 is 0 Å². The molecule has 1 unspecified atom stereocenters. The second-order valence-corrected chi connectivity index (χ2v) is 6.07. The molecule has 0 radical (unpaired) electrons. The molecule has 2 aromatic rings. The molecular weight excluding hydrogens is 323 g/mol. The molecule has 5 nitrogen and oxygen atoms in total. The van der Waals surface area contributed by atoms with Crippen LogP contribution >= 0.6 is 0 Å². The summed E-state index contributed by atoms with van der Waals surface area (Å²) in [6, 6.07) is 12.8. The van der Waals surface area contributed by atoms with Gasteiger partial charge in [0.15, 0.2) is 0 Å². The van der Waals surface area contributed by atoms with Gasteiger partial charge in [0.05, 0.1) is 6.61 Å². The Morgan fingerprint density at radius 3 is 2.76 bits per heavy atom. The van der Waals surface area contributed by atoms with Gasteiger partial charge in [0, 0.05) is 37.9 Å². The van der Waals surface area contributed by atoms with Gasteiger partial charge in [-0.15, -0.1) is 0 Å². The van der Waals surface area contributed by atoms with Gasteiger partial charge in [0.2, 0.25) is 0 Å². The fraction of sp³-hybridized carbons (Fsp3) is 0.316. The summed E-state index contributed by atoms with van der Waals surface area (Å²) in [7, 11) is 1.68. The lowest BCUT2D eigenvalue weighted by atomic mass is 10.1. The van der Waals surface area contributed by atoms with Crippen LogP contribution in [0.2, 0.25) is 0 Å². The molecule has 1 aliphatic rings. The minimum absolute atomic E-state index is 0.114. The van der Waals surface area contributed by atoms with Gasteiger partial charge in [-0.1, -0.05) is 6.07 Å². The van der Waals surface area contributed by atoms with Crippen molar-refractivity contribution in [3.63, 3.8) is 0 Å². The SMILES string of the molecule is COCC1CCN(C(=O)Nc2ccc(Oc3cccc(F)c3)cc2)C1. The van der Waals surface area contributed by atoms with E-state index in [2.05, 4.69) is 5.32 Å². The number of likely N-dealkylation sites (tertiary alicyclic amines) is 1. The van der Waals surface area contributed by atoms with E-state index in [-0.39, 0.29) is 11.8 Å². The molecule has 1 fully saturated rings. The molecule has 0 aromatic heterocycles. The predicted molar refractivity (Wildman–Crippen MR) is 93.5 cm³/mol. The van der Waals surface area contributed by atoms with E-state index in [4.69, 9.17) is 9.47 Å². The van der Waals surface area contributed by atoms with Crippen LogP contribution in [0.25, 0.3) is 0 Å². The van der Waals surface area contributed by atoms with Crippen molar-refractivity contribution >= 4 is 11.7 Å². The Hall–Kier alpha value is -2.60. The monoisotopic (exact) mass is 344 g/mol. The lowest BCUT2D eigenvalue weighted by molar-refractivity contribution is 0.154. The number of halogens is 1. The fourth-order valence-corrected chi connectivity index (χ4v) is 2.86. The first-order chi connectivity index (χ1) is 12.1. The molecule has 0 bridgehead atoms. The summed E-state index contributed by atoms with van der Waals surface area (Å²) in [6.07, 6.45) is 0.960. The van der Waals surface area contributed by atoms with Crippen LogP contribution in [-0.4, -0.2) is 37.7 Å². The van der Waals surface area contributed by atoms with Gasteiger partial charge in [-0.3, -0.25) is 0 Å². The molecule has 0 spiro atoms. The molecule has 1 N–H and O–H groups in total. The summed E-state index contributed by atoms with van der Waals surface area (Å²) in [5.41, 5.74) is 0.687. The number of anilines is 1. The maximum Gasteiger partial charge on any atom is 0.321 e. The minimum atomic E-state index is -0.348. The van der Waals surface area contributed by atoms with Crippen LogP contribution in [0.4, 0.5) is 14.9 Å². The number of urea groups is 1. The van der Waals surface area contributed by atoms with Gasteiger partial charge >= 0.3 is 6.03 Å². The van der Waals surface area contributed by atoms with Crippen LogP contribution in [0.1, 0.15) is 6.42 Å². The quantitative estimate of drug-likeness (QED) is 0.888. The number of amides is 2. The molecule has 1 aliphatic heterocycles. The summed E-state index contributed by atoms with van der Waals surface area (Å²) in [4.78, 5) is 14.1. The zero-order valence-corrected chi connectivity index (χ0v) is 14.1. The number of hydrogen-bond acceptors (Lipinski definition) is 3. The van der Waals surface area contributed by atoms with E-state index < -0.39 is 0 Å². The molecular formula is C19H21FN2O3. The number of nitrogens with zero attached hydrogens (tertiary/aromatic N) is 1. The topological polar surface area (TPSA) is 50.8 Å². The molecule has 6 heteroatoms. The highest BCUT2D eigenvalue weighted by Gasteiger charge is 2.26. The molecule has 0 saturated carbocycles. The van der Waals surface area contributed by atoms with E-state index in [0.717, 1.165) is 13.0 Å². The Kier molecular flexibility index (Phi) is 5.50. The Morgan fingerprint density at radius 2 is 2.04 bits per heavy atom. The largest absolute Gasteiger partial charge is 0.457 e. The van der Waals surface area contributed by atoms with Crippen molar-refractivity contribution in [2.24, 2.45) is 5.92 Å². The van der Waals surface area contributed by atoms with Crippen LogP contribution in [0.3, 0.4) is 0 Å². The van der Waals surface area contributed by atoms with E-state index in [1.807, 2.05) is 0 Å². The van der Waals surface area contributed by atoms with Crippen molar-refractivity contribution in [1.82, 2.24) is 4.90 Å². The highest BCUT2D eigenvalue weighted by Crippen LogP contribution is 2.24. The zero-order valence-electron chi connectivity index (χ0n) is 14.1. The summed E-state index contributed by atoms with van der Waals surface area (Å²) in [6.45, 7) is 2.12. The number of rotatable bonds is 5. The molecule has 1 atom stereocenters. The van der Waals surface area contributed by atoms with Gasteiger partial charge in [0.1, 0.15) is 17.3 Å². The first-order valence-corrected chi connectivity index (χ1v) is 8.22. The molecule has 25 heavy (non-hydrogen) atoms. The van der Waals surface area contributed by atoms with Gasteiger partial charge in [-0.2, -0.15) is 0 Å². The Morgan fingerprint density at radius 1 is 1.24 bits per heavy atom. The Balaban J connectivity index is 1.55. The fourth-order valence-electron chi connectivity index (χ4n) is 2.86. The van der Waals surface area contributed by atoms with Crippen LogP contribution in [0, 0.1) is 11.7 Å². The van der Waals surface area contributed by atoms with Crippen molar-refractivity contribution in [2.45, 2.75) is 6.42 Å². The number of methoxy groups -OCH3 is 1. The van der Waals surface area contributed by atoms with Crippen molar-refractivity contribution in [3.05, 3.63) is 54.3 Å². The van der Waals surface area contributed by atoms with Crippen LogP contribution in [0.5, 0.6) is 11.5 Å². The maximum atomic E-state index is 13.2.